The van der Waals surface area contributed by atoms with Gasteiger partial charge in [-0.15, -0.1) is 5.10 Å². The lowest BCUT2D eigenvalue weighted by atomic mass is 10.00. The molecule has 0 aliphatic carbocycles. The van der Waals surface area contributed by atoms with Gasteiger partial charge in [-0.05, 0) is 18.6 Å². The lowest BCUT2D eigenvalue weighted by molar-refractivity contribution is -0.0606. The van der Waals surface area contributed by atoms with Gasteiger partial charge in [-0.2, -0.15) is 0 Å². The third-order valence-electron chi connectivity index (χ3n) is 4.20. The van der Waals surface area contributed by atoms with Gasteiger partial charge in [0.05, 0.1) is 30.6 Å². The average molecular weight is 301 g/mol. The highest BCUT2D eigenvalue weighted by molar-refractivity contribution is 5.94. The van der Waals surface area contributed by atoms with Crippen LogP contribution in [0.25, 0.3) is 0 Å². The van der Waals surface area contributed by atoms with Gasteiger partial charge in [0, 0.05) is 19.3 Å². The van der Waals surface area contributed by atoms with Gasteiger partial charge in [-0.25, -0.2) is 9.67 Å². The van der Waals surface area contributed by atoms with Crippen LogP contribution in [0.1, 0.15) is 28.6 Å². The van der Waals surface area contributed by atoms with E-state index in [1.807, 2.05) is 4.68 Å². The topological polar surface area (TPSA) is 93.4 Å². The minimum Gasteiger partial charge on any atom is -0.505 e. The molecule has 8 nitrogen and oxygen atoms in total. The van der Waals surface area contributed by atoms with Crippen LogP contribution in [0.15, 0.2) is 24.5 Å². The molecule has 2 aliphatic rings. The molecule has 2 atom stereocenters. The van der Waals surface area contributed by atoms with Crippen molar-refractivity contribution in [3.05, 3.63) is 35.9 Å². The lowest BCUT2D eigenvalue weighted by Crippen LogP contribution is -2.50. The number of amides is 1. The zero-order valence-electron chi connectivity index (χ0n) is 11.8. The second-order valence-corrected chi connectivity index (χ2v) is 5.50. The first kappa shape index (κ1) is 13.2. The molecule has 0 spiro atoms. The number of aromatic hydroxyl groups is 1. The minimum absolute atomic E-state index is 0.0376. The number of fused-ring (bicyclic) bond motifs is 3. The van der Waals surface area contributed by atoms with Crippen LogP contribution in [-0.4, -0.2) is 55.1 Å². The van der Waals surface area contributed by atoms with Gasteiger partial charge in [-0.1, -0.05) is 5.21 Å². The van der Waals surface area contributed by atoms with Crippen LogP contribution < -0.4 is 0 Å². The minimum atomic E-state index is -0.274. The van der Waals surface area contributed by atoms with E-state index in [9.17, 15) is 9.90 Å². The summed E-state index contributed by atoms with van der Waals surface area (Å²) in [5.74, 6) is -0.375. The Kier molecular flexibility index (Phi) is 3.04. The molecule has 2 aromatic heterocycles. The molecule has 1 saturated heterocycles. The molecular weight excluding hydrogens is 286 g/mol. The van der Waals surface area contributed by atoms with Crippen LogP contribution in [0.5, 0.6) is 5.75 Å². The van der Waals surface area contributed by atoms with E-state index in [4.69, 9.17) is 4.74 Å². The maximum absolute atomic E-state index is 12.6. The molecule has 22 heavy (non-hydrogen) atoms. The second kappa shape index (κ2) is 5.06. The van der Waals surface area contributed by atoms with E-state index in [1.165, 1.54) is 12.3 Å². The number of hydrogen-bond donors (Lipinski definition) is 1. The number of hydrogen-bond acceptors (Lipinski definition) is 6. The standard InChI is InChI=1S/C14H15N5O3/c20-11-2-1-4-15-13(11)14(21)18-5-3-12-10(7-18)19-9(8-22-12)6-16-17-19/h1-2,4,6,10,12,20H,3,5,7-8H2/t10-,12+/m1/s1. The Hall–Kier alpha value is -2.48. The van der Waals surface area contributed by atoms with Crippen LogP contribution in [0.4, 0.5) is 0 Å². The largest absolute Gasteiger partial charge is 0.505 e. The molecule has 4 rings (SSSR count). The summed E-state index contributed by atoms with van der Waals surface area (Å²) in [7, 11) is 0. The molecule has 0 aromatic carbocycles. The van der Waals surface area contributed by atoms with Crippen molar-refractivity contribution in [2.24, 2.45) is 0 Å². The average Bonchev–Trinajstić information content (AvgIpc) is 3.03. The van der Waals surface area contributed by atoms with Gasteiger partial charge >= 0.3 is 0 Å². The zero-order valence-corrected chi connectivity index (χ0v) is 11.8. The summed E-state index contributed by atoms with van der Waals surface area (Å²) >= 11 is 0. The van der Waals surface area contributed by atoms with Gasteiger partial charge in [0.1, 0.15) is 5.75 Å². The fraction of sp³-hybridized carbons (Fsp3) is 0.429. The van der Waals surface area contributed by atoms with E-state index >= 15 is 0 Å². The Balaban J connectivity index is 1.59. The van der Waals surface area contributed by atoms with E-state index in [0.717, 1.165) is 12.1 Å². The molecule has 1 fully saturated rings. The molecule has 1 N–H and O–H groups in total. The first-order valence-corrected chi connectivity index (χ1v) is 7.18. The van der Waals surface area contributed by atoms with Crippen molar-refractivity contribution in [2.75, 3.05) is 13.1 Å². The summed E-state index contributed by atoms with van der Waals surface area (Å²) in [6.07, 6.45) is 3.94. The molecule has 4 heterocycles. The van der Waals surface area contributed by atoms with Gasteiger partial charge in [0.15, 0.2) is 5.69 Å². The molecule has 8 heteroatoms. The van der Waals surface area contributed by atoms with Crippen molar-refractivity contribution in [3.63, 3.8) is 0 Å². The molecule has 114 valence electrons. The summed E-state index contributed by atoms with van der Waals surface area (Å²) in [5.41, 5.74) is 0.993. The quantitative estimate of drug-likeness (QED) is 0.817. The summed E-state index contributed by atoms with van der Waals surface area (Å²) in [6, 6.07) is 3.01. The smallest absolute Gasteiger partial charge is 0.276 e. The highest BCUT2D eigenvalue weighted by atomic mass is 16.5. The Morgan fingerprint density at radius 1 is 1.45 bits per heavy atom. The van der Waals surface area contributed by atoms with Gasteiger partial charge in [0.25, 0.3) is 5.91 Å². The third-order valence-corrected chi connectivity index (χ3v) is 4.20. The number of nitrogens with zero attached hydrogens (tertiary/aromatic N) is 5. The number of likely N-dealkylation sites (tertiary alicyclic amines) is 1. The zero-order chi connectivity index (χ0) is 15.1. The number of carbonyl (C=O) groups is 1. The van der Waals surface area contributed by atoms with Crippen LogP contribution >= 0.6 is 0 Å². The highest BCUT2D eigenvalue weighted by Gasteiger charge is 2.38. The number of pyridine rings is 1. The van der Waals surface area contributed by atoms with Crippen molar-refractivity contribution >= 4 is 5.91 Å². The predicted octanol–water partition coefficient (Wildman–Crippen LogP) is 0.365. The van der Waals surface area contributed by atoms with E-state index < -0.39 is 0 Å². The van der Waals surface area contributed by atoms with E-state index in [0.29, 0.717) is 19.7 Å². The molecule has 0 bridgehead atoms. The molecule has 2 aromatic rings. The SMILES string of the molecule is O=C(c1ncccc1O)N1CC[C@@H]2OCc3cnnn3[C@@H]2C1. The van der Waals surface area contributed by atoms with Gasteiger partial charge < -0.3 is 14.7 Å². The third kappa shape index (κ3) is 2.03. The van der Waals surface area contributed by atoms with Crippen molar-refractivity contribution in [3.8, 4) is 5.75 Å². The summed E-state index contributed by atoms with van der Waals surface area (Å²) in [4.78, 5) is 18.2. The molecular formula is C14H15N5O3. The van der Waals surface area contributed by atoms with Gasteiger partial charge in [0.2, 0.25) is 0 Å². The molecule has 0 saturated carbocycles. The van der Waals surface area contributed by atoms with E-state index in [1.54, 1.807) is 17.2 Å². The van der Waals surface area contributed by atoms with Crippen molar-refractivity contribution in [1.29, 1.82) is 0 Å². The predicted molar refractivity (Wildman–Crippen MR) is 74.1 cm³/mol. The fourth-order valence-electron chi connectivity index (χ4n) is 3.08. The summed E-state index contributed by atoms with van der Waals surface area (Å²) in [6.45, 7) is 1.54. The van der Waals surface area contributed by atoms with Crippen LogP contribution in [0, 0.1) is 0 Å². The van der Waals surface area contributed by atoms with Crippen LogP contribution in [-0.2, 0) is 11.3 Å². The molecule has 1 amide bonds. The van der Waals surface area contributed by atoms with E-state index in [2.05, 4.69) is 15.3 Å². The number of aromatic nitrogens is 4. The first-order chi connectivity index (χ1) is 10.7. The fourth-order valence-corrected chi connectivity index (χ4v) is 3.08. The Bertz CT molecular complexity index is 716. The normalized spacial score (nSPS) is 23.7. The second-order valence-electron chi connectivity index (χ2n) is 5.50. The Morgan fingerprint density at radius 2 is 2.36 bits per heavy atom. The lowest BCUT2D eigenvalue weighted by Gasteiger charge is -2.40. The number of ether oxygens (including phenoxy) is 1. The van der Waals surface area contributed by atoms with Crippen LogP contribution in [0.2, 0.25) is 0 Å². The summed E-state index contributed by atoms with van der Waals surface area (Å²) < 4.78 is 7.66. The van der Waals surface area contributed by atoms with E-state index in [-0.39, 0.29) is 29.5 Å². The monoisotopic (exact) mass is 301 g/mol. The number of rotatable bonds is 1. The Morgan fingerprint density at radius 3 is 3.23 bits per heavy atom. The molecule has 2 aliphatic heterocycles. The maximum atomic E-state index is 12.6. The molecule has 0 unspecified atom stereocenters. The van der Waals surface area contributed by atoms with Gasteiger partial charge in [-0.3, -0.25) is 4.79 Å². The first-order valence-electron chi connectivity index (χ1n) is 7.18. The summed E-state index contributed by atoms with van der Waals surface area (Å²) in [5, 5.41) is 17.8. The van der Waals surface area contributed by atoms with Crippen molar-refractivity contribution < 1.29 is 14.6 Å². The Labute approximate surface area is 126 Å². The number of piperidine rings is 1. The van der Waals surface area contributed by atoms with Crippen LogP contribution in [0.3, 0.4) is 0 Å². The maximum Gasteiger partial charge on any atom is 0.276 e. The van der Waals surface area contributed by atoms with Crippen molar-refractivity contribution in [2.45, 2.75) is 25.2 Å². The molecule has 0 radical (unpaired) electrons. The van der Waals surface area contributed by atoms with Crippen molar-refractivity contribution in [1.82, 2.24) is 24.9 Å². The number of carbonyl (C=O) groups excluding carboxylic acids is 1. The highest BCUT2D eigenvalue weighted by Crippen LogP contribution is 2.31.